The van der Waals surface area contributed by atoms with E-state index in [0.29, 0.717) is 0 Å². The molecule has 4 heteroatoms. The Morgan fingerprint density at radius 3 is 1.70 bits per heavy atom. The average molecular weight is 392 g/mol. The zero-order chi connectivity index (χ0) is 7.14. The molecular weight excluding hydrogens is 390 g/mol. The minimum absolute atomic E-state index is 1.39. The number of hydrogen-bond donors (Lipinski definition) is 0. The molecule has 0 unspecified atom stereocenters. The lowest BCUT2D eigenvalue weighted by atomic mass is 10.5. The molecule has 0 aliphatic carbocycles. The van der Waals surface area contributed by atoms with E-state index >= 15 is 0 Å². The van der Waals surface area contributed by atoms with Gasteiger partial charge in [-0.2, -0.15) is 0 Å². The van der Waals surface area contributed by atoms with Crippen molar-refractivity contribution in [3.63, 3.8) is 0 Å². The molecule has 0 fully saturated rings. The smallest absolute Gasteiger partial charge is 0.0595 e. The van der Waals surface area contributed by atoms with Gasteiger partial charge in [0.2, 0.25) is 0 Å². The first-order valence-corrected chi connectivity index (χ1v) is 6.50. The van der Waals surface area contributed by atoms with Crippen LogP contribution < -0.4 is 0 Å². The molecule has 2 aromatic rings. The van der Waals surface area contributed by atoms with Crippen molar-refractivity contribution in [1.82, 2.24) is 0 Å². The second-order valence-corrected chi connectivity index (χ2v) is 5.91. The second-order valence-electron chi connectivity index (χ2n) is 1.83. The minimum atomic E-state index is 1.39. The van der Waals surface area contributed by atoms with Crippen LogP contribution in [0.3, 0.4) is 0 Å². The number of rotatable bonds is 0. The van der Waals surface area contributed by atoms with Gasteiger partial charge in [0.25, 0.3) is 0 Å². The highest BCUT2D eigenvalue weighted by Crippen LogP contribution is 2.35. The molecule has 0 aliphatic heterocycles. The zero-order valence-electron chi connectivity index (χ0n) is 4.73. The Morgan fingerprint density at radius 2 is 1.30 bits per heavy atom. The SMILES string of the molecule is Ic1csc2c(I)csc12. The van der Waals surface area contributed by atoms with Crippen molar-refractivity contribution < 1.29 is 0 Å². The molecule has 0 nitrogen and oxygen atoms in total. The maximum atomic E-state index is 2.38. The first-order chi connectivity index (χ1) is 4.79. The van der Waals surface area contributed by atoms with Crippen molar-refractivity contribution in [1.29, 1.82) is 0 Å². The minimum Gasteiger partial charge on any atom is -0.141 e. The molecule has 0 saturated heterocycles. The van der Waals surface area contributed by atoms with E-state index in [0.717, 1.165) is 0 Å². The molecule has 0 spiro atoms. The standard InChI is InChI=1S/C6H2I2S2/c7-3-1-9-6-4(8)2-10-5(3)6/h1-2H. The van der Waals surface area contributed by atoms with Crippen molar-refractivity contribution in [2.75, 3.05) is 0 Å². The molecule has 0 aromatic carbocycles. The molecule has 0 amide bonds. The molecule has 2 heterocycles. The highest BCUT2D eigenvalue weighted by Gasteiger charge is 2.05. The van der Waals surface area contributed by atoms with Crippen molar-refractivity contribution in [3.8, 4) is 0 Å². The molecule has 0 saturated carbocycles. The lowest BCUT2D eigenvalue weighted by molar-refractivity contribution is 2.05. The molecule has 0 N–H and O–H groups in total. The Kier molecular flexibility index (Phi) is 2.23. The van der Waals surface area contributed by atoms with Crippen molar-refractivity contribution in [3.05, 3.63) is 17.9 Å². The summed E-state index contributed by atoms with van der Waals surface area (Å²) in [6, 6.07) is 0. The van der Waals surface area contributed by atoms with Crippen molar-refractivity contribution >= 4 is 77.3 Å². The Labute approximate surface area is 93.9 Å². The third kappa shape index (κ3) is 1.12. The fraction of sp³-hybridized carbons (Fsp3) is 0. The summed E-state index contributed by atoms with van der Waals surface area (Å²) in [7, 11) is 0. The fourth-order valence-electron chi connectivity index (χ4n) is 0.765. The molecule has 2 aromatic heterocycles. The maximum absolute atomic E-state index is 2.38. The summed E-state index contributed by atoms with van der Waals surface area (Å²) in [6.07, 6.45) is 0. The van der Waals surface area contributed by atoms with Crippen molar-refractivity contribution in [2.24, 2.45) is 0 Å². The van der Waals surface area contributed by atoms with E-state index < -0.39 is 0 Å². The third-order valence-corrected chi connectivity index (χ3v) is 6.64. The highest BCUT2D eigenvalue weighted by molar-refractivity contribution is 14.1. The quantitative estimate of drug-likeness (QED) is 0.591. The van der Waals surface area contributed by atoms with E-state index in [4.69, 9.17) is 0 Å². The predicted octanol–water partition coefficient (Wildman–Crippen LogP) is 4.17. The van der Waals surface area contributed by atoms with Gasteiger partial charge in [0.15, 0.2) is 0 Å². The summed E-state index contributed by atoms with van der Waals surface area (Å²) in [4.78, 5) is 0. The molecule has 0 atom stereocenters. The van der Waals surface area contributed by atoms with Gasteiger partial charge in [-0.3, -0.25) is 0 Å². The Bertz CT molecular complexity index is 325. The average Bonchev–Trinajstić information content (AvgIpc) is 2.41. The van der Waals surface area contributed by atoms with Gasteiger partial charge >= 0.3 is 0 Å². The van der Waals surface area contributed by atoms with Crippen LogP contribution in [0.4, 0.5) is 0 Å². The third-order valence-electron chi connectivity index (χ3n) is 1.20. The van der Waals surface area contributed by atoms with E-state index in [2.05, 4.69) is 55.9 Å². The Hall–Kier alpha value is 1.12. The van der Waals surface area contributed by atoms with Crippen LogP contribution in [0.25, 0.3) is 9.40 Å². The van der Waals surface area contributed by atoms with E-state index in [1.807, 2.05) is 22.7 Å². The molecule has 0 aliphatic rings. The van der Waals surface area contributed by atoms with Gasteiger partial charge in [-0.25, -0.2) is 0 Å². The highest BCUT2D eigenvalue weighted by atomic mass is 127. The van der Waals surface area contributed by atoms with Crippen LogP contribution in [0.2, 0.25) is 0 Å². The van der Waals surface area contributed by atoms with Gasteiger partial charge in [0.1, 0.15) is 0 Å². The predicted molar refractivity (Wildman–Crippen MR) is 65.1 cm³/mol. The molecular formula is C6H2I2S2. The van der Waals surface area contributed by atoms with Crippen LogP contribution in [-0.4, -0.2) is 0 Å². The summed E-state index contributed by atoms with van der Waals surface area (Å²) in [5.41, 5.74) is 0. The fourth-order valence-corrected chi connectivity index (χ4v) is 5.09. The number of hydrogen-bond acceptors (Lipinski definition) is 2. The van der Waals surface area contributed by atoms with Crippen LogP contribution in [0, 0.1) is 7.14 Å². The van der Waals surface area contributed by atoms with Crippen LogP contribution in [-0.2, 0) is 0 Å². The van der Waals surface area contributed by atoms with Gasteiger partial charge < -0.3 is 0 Å². The van der Waals surface area contributed by atoms with Crippen LogP contribution in [0.5, 0.6) is 0 Å². The molecule has 0 bridgehead atoms. The van der Waals surface area contributed by atoms with E-state index in [1.54, 1.807) is 0 Å². The lowest BCUT2D eigenvalue weighted by Crippen LogP contribution is -1.53. The van der Waals surface area contributed by atoms with E-state index in [1.165, 1.54) is 16.5 Å². The summed E-state index contributed by atoms with van der Waals surface area (Å²) in [5, 5.41) is 4.42. The van der Waals surface area contributed by atoms with E-state index in [9.17, 15) is 0 Å². The van der Waals surface area contributed by atoms with E-state index in [-0.39, 0.29) is 0 Å². The first-order valence-electron chi connectivity index (χ1n) is 2.58. The number of thiophene rings is 2. The first kappa shape index (κ1) is 7.75. The largest absolute Gasteiger partial charge is 0.141 e. The molecule has 10 heavy (non-hydrogen) atoms. The monoisotopic (exact) mass is 392 g/mol. The summed E-state index contributed by atoms with van der Waals surface area (Å²) < 4.78 is 5.70. The topological polar surface area (TPSA) is 0 Å². The van der Waals surface area contributed by atoms with Gasteiger partial charge in [-0.15, -0.1) is 22.7 Å². The Morgan fingerprint density at radius 1 is 0.900 bits per heavy atom. The Balaban J connectivity index is 2.95. The summed E-state index contributed by atoms with van der Waals surface area (Å²) >= 11 is 8.45. The normalized spacial score (nSPS) is 11.0. The molecule has 52 valence electrons. The summed E-state index contributed by atoms with van der Waals surface area (Å²) in [6.45, 7) is 0. The maximum Gasteiger partial charge on any atom is 0.0595 e. The second kappa shape index (κ2) is 2.87. The number of fused-ring (bicyclic) bond motifs is 1. The molecule has 2 rings (SSSR count). The van der Waals surface area contributed by atoms with Crippen LogP contribution in [0.15, 0.2) is 10.8 Å². The van der Waals surface area contributed by atoms with Gasteiger partial charge in [-0.05, 0) is 45.2 Å². The molecule has 0 radical (unpaired) electrons. The lowest BCUT2D eigenvalue weighted by Gasteiger charge is -1.75. The zero-order valence-corrected chi connectivity index (χ0v) is 10.7. The summed E-state index contributed by atoms with van der Waals surface area (Å²) in [5.74, 6) is 0. The van der Waals surface area contributed by atoms with Crippen LogP contribution >= 0.6 is 67.9 Å². The van der Waals surface area contributed by atoms with Gasteiger partial charge in [0, 0.05) is 17.9 Å². The number of halogens is 2. The van der Waals surface area contributed by atoms with Crippen molar-refractivity contribution in [2.45, 2.75) is 0 Å². The van der Waals surface area contributed by atoms with Gasteiger partial charge in [-0.1, -0.05) is 0 Å². The van der Waals surface area contributed by atoms with Crippen LogP contribution in [0.1, 0.15) is 0 Å². The van der Waals surface area contributed by atoms with Gasteiger partial charge in [0.05, 0.1) is 9.40 Å².